The van der Waals surface area contributed by atoms with E-state index in [4.69, 9.17) is 4.74 Å². The Morgan fingerprint density at radius 3 is 2.61 bits per heavy atom. The summed E-state index contributed by atoms with van der Waals surface area (Å²) in [7, 11) is 1.88. The molecule has 7 rings (SSSR count). The van der Waals surface area contributed by atoms with Crippen molar-refractivity contribution in [3.63, 3.8) is 0 Å². The number of hydrogen-bond acceptors (Lipinski definition) is 5. The number of fused-ring (bicyclic) bond motifs is 2. The Labute approximate surface area is 216 Å². The lowest BCUT2D eigenvalue weighted by Crippen LogP contribution is -2.48. The number of ether oxygens (including phenoxy) is 1. The van der Waals surface area contributed by atoms with Crippen molar-refractivity contribution in [2.24, 2.45) is 22.1 Å². The third kappa shape index (κ3) is 3.90. The molecule has 3 fully saturated rings. The number of halogens is 3. The summed E-state index contributed by atoms with van der Waals surface area (Å²) in [6.07, 6.45) is 2.54. The van der Waals surface area contributed by atoms with Gasteiger partial charge in [-0.15, -0.1) is 0 Å². The largest absolute Gasteiger partial charge is 0.418 e. The van der Waals surface area contributed by atoms with Gasteiger partial charge < -0.3 is 4.74 Å². The summed E-state index contributed by atoms with van der Waals surface area (Å²) >= 11 is 0. The lowest BCUT2D eigenvalue weighted by Gasteiger charge is -2.42. The molecule has 1 aromatic carbocycles. The van der Waals surface area contributed by atoms with Crippen LogP contribution in [0, 0.1) is 18.0 Å². The van der Waals surface area contributed by atoms with Crippen LogP contribution in [0.15, 0.2) is 57.7 Å². The molecule has 3 aliphatic heterocycles. The van der Waals surface area contributed by atoms with Gasteiger partial charge in [0.1, 0.15) is 0 Å². The van der Waals surface area contributed by atoms with Crippen LogP contribution in [-0.4, -0.2) is 58.1 Å². The van der Waals surface area contributed by atoms with Crippen molar-refractivity contribution >= 4 is 11.9 Å². The number of aromatic nitrogens is 2. The molecule has 4 aliphatic rings. The smallest absolute Gasteiger partial charge is 0.379 e. The molecule has 11 heteroatoms. The quantitative estimate of drug-likeness (QED) is 0.461. The fourth-order valence-electron chi connectivity index (χ4n) is 6.10. The molecule has 5 heterocycles. The molecule has 1 radical (unpaired) electrons. The first-order valence-corrected chi connectivity index (χ1v) is 12.8. The van der Waals surface area contributed by atoms with Gasteiger partial charge in [0.15, 0.2) is 0 Å². The minimum atomic E-state index is -4.59. The van der Waals surface area contributed by atoms with Crippen molar-refractivity contribution in [2.75, 3.05) is 33.4 Å². The molecule has 2 atom stereocenters. The Hall–Kier alpha value is -3.31. The zero-order valence-corrected chi connectivity index (χ0v) is 20.9. The lowest BCUT2D eigenvalue weighted by atomic mass is 9.75. The molecule has 1 aliphatic carbocycles. The molecule has 0 bridgehead atoms. The summed E-state index contributed by atoms with van der Waals surface area (Å²) in [4.78, 5) is 15.7. The highest BCUT2D eigenvalue weighted by molar-refractivity contribution is 5.58. The fourth-order valence-corrected chi connectivity index (χ4v) is 6.10. The number of azo groups is 1. The highest BCUT2D eigenvalue weighted by atomic mass is 19.4. The number of benzene rings is 1. The summed E-state index contributed by atoms with van der Waals surface area (Å²) in [5.41, 5.74) is 0.125. The molecule has 197 valence electrons. The second-order valence-electron chi connectivity index (χ2n) is 11.1. The Morgan fingerprint density at radius 2 is 1.95 bits per heavy atom. The molecule has 0 spiro atoms. The number of pyridine rings is 1. The van der Waals surface area contributed by atoms with Crippen LogP contribution >= 0.6 is 0 Å². The second-order valence-corrected chi connectivity index (χ2v) is 11.1. The molecular weight excluding hydrogens is 497 g/mol. The van der Waals surface area contributed by atoms with Crippen LogP contribution < -0.4 is 5.69 Å². The van der Waals surface area contributed by atoms with Gasteiger partial charge in [-0.3, -0.25) is 13.9 Å². The summed E-state index contributed by atoms with van der Waals surface area (Å²) < 4.78 is 52.3. The topological polar surface area (TPSA) is 66.6 Å². The zero-order chi connectivity index (χ0) is 26.2. The van der Waals surface area contributed by atoms with E-state index in [1.807, 2.05) is 29.8 Å². The summed E-state index contributed by atoms with van der Waals surface area (Å²) in [6.45, 7) is 3.19. The van der Waals surface area contributed by atoms with E-state index in [1.54, 1.807) is 18.6 Å². The van der Waals surface area contributed by atoms with Gasteiger partial charge in [0.05, 0.1) is 42.1 Å². The molecule has 0 amide bonds. The molecule has 2 saturated heterocycles. The standard InChI is InChI=1S/C27H27F3N6O2/c1-33-16-31-32-24(33)8-26(14-38-15-26)20-3-2-4-21(7-20)35-13-23-22(27(28,29)30)5-17(10-36(23)25(35)37)9-34-11-18-6-19(18)12-34/h2-5,7,10,13,16,18-19H,6,8-9,11-12,14-15H2,1H3/q+1. The maximum absolute atomic E-state index is 14.1. The average molecular weight is 525 g/mol. The first-order valence-electron chi connectivity index (χ1n) is 12.8. The first-order chi connectivity index (χ1) is 18.2. The minimum Gasteiger partial charge on any atom is -0.379 e. The van der Waals surface area contributed by atoms with Crippen LogP contribution in [0.1, 0.15) is 29.5 Å². The highest BCUT2D eigenvalue weighted by Gasteiger charge is 2.46. The van der Waals surface area contributed by atoms with Crippen molar-refractivity contribution < 1.29 is 22.5 Å². The van der Waals surface area contributed by atoms with Gasteiger partial charge in [0.25, 0.3) is 0 Å². The minimum absolute atomic E-state index is 0.151. The maximum atomic E-state index is 14.1. The Morgan fingerprint density at radius 1 is 1.16 bits per heavy atom. The third-order valence-corrected chi connectivity index (χ3v) is 8.38. The Kier molecular flexibility index (Phi) is 5.22. The van der Waals surface area contributed by atoms with Gasteiger partial charge in [0.2, 0.25) is 0 Å². The predicted molar refractivity (Wildman–Crippen MR) is 132 cm³/mol. The lowest BCUT2D eigenvalue weighted by molar-refractivity contribution is -0.478. The van der Waals surface area contributed by atoms with E-state index in [9.17, 15) is 18.0 Å². The van der Waals surface area contributed by atoms with E-state index in [2.05, 4.69) is 15.1 Å². The number of piperidine rings is 1. The van der Waals surface area contributed by atoms with Gasteiger partial charge in [-0.25, -0.2) is 9.37 Å². The fraction of sp³-hybridized carbons (Fsp3) is 0.444. The molecule has 1 saturated carbocycles. The van der Waals surface area contributed by atoms with Crippen LogP contribution in [0.2, 0.25) is 0 Å². The van der Waals surface area contributed by atoms with Crippen molar-refractivity contribution in [2.45, 2.75) is 31.0 Å². The summed E-state index contributed by atoms with van der Waals surface area (Å²) in [6, 6.07) is 8.59. The number of alkyl halides is 3. The molecule has 38 heavy (non-hydrogen) atoms. The number of hydrogen-bond donors (Lipinski definition) is 0. The van der Waals surface area contributed by atoms with E-state index >= 15 is 0 Å². The third-order valence-electron chi connectivity index (χ3n) is 8.38. The number of nitrogens with zero attached hydrogens (tertiary/aromatic N) is 6. The van der Waals surface area contributed by atoms with E-state index in [1.165, 1.54) is 23.3 Å². The molecule has 0 N–H and O–H groups in total. The highest BCUT2D eigenvalue weighted by Crippen LogP contribution is 2.45. The van der Waals surface area contributed by atoms with Crippen molar-refractivity contribution in [1.29, 1.82) is 0 Å². The van der Waals surface area contributed by atoms with Gasteiger partial charge in [-0.05, 0) is 52.7 Å². The van der Waals surface area contributed by atoms with Crippen LogP contribution in [0.4, 0.5) is 13.2 Å². The average Bonchev–Trinajstić information content (AvgIpc) is 3.13. The van der Waals surface area contributed by atoms with Crippen LogP contribution in [0.5, 0.6) is 0 Å². The van der Waals surface area contributed by atoms with Gasteiger partial charge in [-0.1, -0.05) is 12.1 Å². The molecule has 2 aromatic heterocycles. The number of imidazole rings is 1. The van der Waals surface area contributed by atoms with Crippen LogP contribution in [-0.2, 0) is 22.9 Å². The second kappa shape index (κ2) is 8.34. The molecule has 8 nitrogen and oxygen atoms in total. The van der Waals surface area contributed by atoms with E-state index in [-0.39, 0.29) is 10.9 Å². The van der Waals surface area contributed by atoms with E-state index < -0.39 is 17.4 Å². The van der Waals surface area contributed by atoms with Crippen molar-refractivity contribution in [1.82, 2.24) is 13.9 Å². The molecular formula is C27H27F3N6O2+. The predicted octanol–water partition coefficient (Wildman–Crippen LogP) is 3.84. The Balaban J connectivity index is 1.27. The number of rotatable bonds is 6. The van der Waals surface area contributed by atoms with Gasteiger partial charge in [0, 0.05) is 43.9 Å². The Bertz CT molecular complexity index is 1540. The number of likely N-dealkylation sites (tertiary alicyclic amines) is 1. The normalized spacial score (nSPS) is 24.6. The molecule has 2 unspecified atom stereocenters. The van der Waals surface area contributed by atoms with Crippen molar-refractivity contribution in [3.8, 4) is 5.69 Å². The SMILES string of the molecule is C[N+]1=CN=N[C]1CC1(c2cccc(-n3cc4c(C(F)(F)F)cc(CN5CC6CC6C5)cn4c3=O)c2)COC1. The van der Waals surface area contributed by atoms with Gasteiger partial charge in [-0.2, -0.15) is 13.2 Å². The maximum Gasteiger partial charge on any atom is 0.418 e. The van der Waals surface area contributed by atoms with Gasteiger partial charge >= 0.3 is 24.4 Å². The molecule has 3 aromatic rings. The van der Waals surface area contributed by atoms with E-state index in [0.29, 0.717) is 49.3 Å². The monoisotopic (exact) mass is 524 g/mol. The van der Waals surface area contributed by atoms with Crippen LogP contribution in [0.25, 0.3) is 11.2 Å². The summed E-state index contributed by atoms with van der Waals surface area (Å²) in [5, 5.41) is 8.17. The van der Waals surface area contributed by atoms with E-state index in [0.717, 1.165) is 29.2 Å². The van der Waals surface area contributed by atoms with Crippen LogP contribution in [0.3, 0.4) is 0 Å². The van der Waals surface area contributed by atoms with Crippen molar-refractivity contribution in [3.05, 3.63) is 76.1 Å². The zero-order valence-electron chi connectivity index (χ0n) is 20.9. The first kappa shape index (κ1) is 23.8. The summed E-state index contributed by atoms with van der Waals surface area (Å²) in [5.74, 6) is 1.35.